The summed E-state index contributed by atoms with van der Waals surface area (Å²) in [7, 11) is -2.98. The fourth-order valence-corrected chi connectivity index (χ4v) is 4.63. The van der Waals surface area contributed by atoms with Crippen LogP contribution in [0.4, 0.5) is 5.00 Å². The van der Waals surface area contributed by atoms with E-state index in [9.17, 15) is 18.0 Å². The van der Waals surface area contributed by atoms with E-state index in [-0.39, 0.29) is 34.6 Å². The molecule has 1 aliphatic rings. The molecule has 1 atom stereocenters. The van der Waals surface area contributed by atoms with Crippen LogP contribution >= 0.6 is 11.3 Å². The molecule has 1 fully saturated rings. The van der Waals surface area contributed by atoms with Gasteiger partial charge in [0.15, 0.2) is 9.84 Å². The molecule has 0 spiro atoms. The number of aromatic carboxylic acids is 1. The maximum absolute atomic E-state index is 11.7. The van der Waals surface area contributed by atoms with E-state index in [4.69, 9.17) is 5.11 Å². The monoisotopic (exact) mass is 303 g/mol. The van der Waals surface area contributed by atoms with Crippen molar-refractivity contribution in [1.29, 1.82) is 0 Å². The van der Waals surface area contributed by atoms with Crippen LogP contribution in [0, 0.1) is 5.92 Å². The van der Waals surface area contributed by atoms with Crippen molar-refractivity contribution in [3.8, 4) is 0 Å². The average Bonchev–Trinajstić information content (AvgIpc) is 2.85. The number of hydrogen-bond donors (Lipinski definition) is 2. The number of hydrogen-bond acceptors (Lipinski definition) is 5. The third kappa shape index (κ3) is 3.77. The van der Waals surface area contributed by atoms with Crippen LogP contribution in [-0.2, 0) is 14.6 Å². The molecule has 2 rings (SSSR count). The number of sulfone groups is 1. The van der Waals surface area contributed by atoms with Crippen LogP contribution in [-0.4, -0.2) is 36.9 Å². The molecule has 0 aromatic carbocycles. The normalized spacial score (nSPS) is 21.2. The minimum Gasteiger partial charge on any atom is -0.477 e. The van der Waals surface area contributed by atoms with Crippen LogP contribution in [0.25, 0.3) is 0 Å². The first-order valence-electron chi connectivity index (χ1n) is 5.69. The Balaban J connectivity index is 1.89. The fourth-order valence-electron chi connectivity index (χ4n) is 2.00. The van der Waals surface area contributed by atoms with Crippen LogP contribution in [0.1, 0.15) is 22.5 Å². The van der Waals surface area contributed by atoms with Crippen molar-refractivity contribution in [2.24, 2.45) is 5.92 Å². The van der Waals surface area contributed by atoms with E-state index < -0.39 is 15.8 Å². The smallest absolute Gasteiger partial charge is 0.345 e. The number of nitrogens with one attached hydrogen (secondary N) is 1. The van der Waals surface area contributed by atoms with Crippen LogP contribution in [0.2, 0.25) is 0 Å². The molecule has 8 heteroatoms. The number of amides is 1. The molecule has 0 aliphatic carbocycles. The zero-order chi connectivity index (χ0) is 14.0. The predicted molar refractivity (Wildman–Crippen MR) is 71.3 cm³/mol. The molecule has 0 saturated carbocycles. The lowest BCUT2D eigenvalue weighted by Crippen LogP contribution is -2.16. The zero-order valence-corrected chi connectivity index (χ0v) is 11.6. The summed E-state index contributed by atoms with van der Waals surface area (Å²) in [6, 6.07) is 2.94. The first-order valence-corrected chi connectivity index (χ1v) is 8.33. The second-order valence-corrected chi connectivity index (χ2v) is 7.80. The summed E-state index contributed by atoms with van der Waals surface area (Å²) < 4.78 is 22.5. The second kappa shape index (κ2) is 5.30. The van der Waals surface area contributed by atoms with Crippen molar-refractivity contribution in [1.82, 2.24) is 0 Å². The van der Waals surface area contributed by atoms with Gasteiger partial charge in [-0.05, 0) is 24.5 Å². The summed E-state index contributed by atoms with van der Waals surface area (Å²) in [5.41, 5.74) is 0. The first kappa shape index (κ1) is 14.0. The molecule has 19 heavy (non-hydrogen) atoms. The summed E-state index contributed by atoms with van der Waals surface area (Å²) in [6.45, 7) is 0. The van der Waals surface area contributed by atoms with Crippen molar-refractivity contribution < 1.29 is 23.1 Å². The van der Waals surface area contributed by atoms with Crippen LogP contribution in [0.5, 0.6) is 0 Å². The lowest BCUT2D eigenvalue weighted by molar-refractivity contribution is -0.116. The minimum atomic E-state index is -2.98. The molecule has 0 bridgehead atoms. The molecular formula is C11H13NO5S2. The Hall–Kier alpha value is -1.41. The SMILES string of the molecule is O=C(CC1CCS(=O)(=O)C1)Nc1ccc(C(=O)O)s1. The largest absolute Gasteiger partial charge is 0.477 e. The molecule has 1 unspecified atom stereocenters. The highest BCUT2D eigenvalue weighted by Gasteiger charge is 2.29. The Labute approximate surface area is 114 Å². The highest BCUT2D eigenvalue weighted by Crippen LogP contribution is 2.25. The fraction of sp³-hybridized carbons (Fsp3) is 0.455. The highest BCUT2D eigenvalue weighted by atomic mass is 32.2. The second-order valence-electron chi connectivity index (χ2n) is 4.49. The number of carboxylic acid groups (broad SMARTS) is 1. The molecule has 1 aliphatic heterocycles. The zero-order valence-electron chi connectivity index (χ0n) is 9.96. The Bertz CT molecular complexity index is 604. The van der Waals surface area contributed by atoms with Gasteiger partial charge in [0.2, 0.25) is 5.91 Å². The minimum absolute atomic E-state index is 0.0608. The standard InChI is InChI=1S/C11H13NO5S2/c13-9(5-7-3-4-19(16,17)6-7)12-10-2-1-8(18-10)11(14)15/h1-2,7H,3-6H2,(H,12,13)(H,14,15). The topological polar surface area (TPSA) is 101 Å². The van der Waals surface area contributed by atoms with Gasteiger partial charge in [-0.1, -0.05) is 0 Å². The van der Waals surface area contributed by atoms with Gasteiger partial charge in [-0.2, -0.15) is 0 Å². The summed E-state index contributed by atoms with van der Waals surface area (Å²) in [4.78, 5) is 22.5. The van der Waals surface area contributed by atoms with E-state index >= 15 is 0 Å². The van der Waals surface area contributed by atoms with Crippen molar-refractivity contribution in [2.45, 2.75) is 12.8 Å². The summed E-state index contributed by atoms with van der Waals surface area (Å²) in [6.07, 6.45) is 0.667. The Kier molecular flexibility index (Phi) is 3.91. The van der Waals surface area contributed by atoms with Crippen molar-refractivity contribution in [3.05, 3.63) is 17.0 Å². The van der Waals surface area contributed by atoms with Crippen molar-refractivity contribution in [3.63, 3.8) is 0 Å². The summed E-state index contributed by atoms with van der Waals surface area (Å²) in [5, 5.41) is 11.8. The predicted octanol–water partition coefficient (Wildman–Crippen LogP) is 1.21. The number of carbonyl (C=O) groups excluding carboxylic acids is 1. The third-order valence-corrected chi connectivity index (χ3v) is 5.71. The van der Waals surface area contributed by atoms with Gasteiger partial charge in [0, 0.05) is 6.42 Å². The molecular weight excluding hydrogens is 290 g/mol. The molecule has 6 nitrogen and oxygen atoms in total. The van der Waals surface area contributed by atoms with E-state index in [1.54, 1.807) is 0 Å². The maximum Gasteiger partial charge on any atom is 0.345 e. The summed E-state index contributed by atoms with van der Waals surface area (Å²) in [5.74, 6) is -1.24. The van der Waals surface area contributed by atoms with Crippen molar-refractivity contribution in [2.75, 3.05) is 16.8 Å². The molecule has 1 aromatic heterocycles. The number of carbonyl (C=O) groups is 2. The molecule has 0 radical (unpaired) electrons. The van der Waals surface area contributed by atoms with Crippen LogP contribution in [0.15, 0.2) is 12.1 Å². The van der Waals surface area contributed by atoms with E-state index in [2.05, 4.69) is 5.32 Å². The molecule has 1 aromatic rings. The first-order chi connectivity index (χ1) is 8.85. The lowest BCUT2D eigenvalue weighted by Gasteiger charge is -2.06. The van der Waals surface area contributed by atoms with Gasteiger partial charge >= 0.3 is 5.97 Å². The van der Waals surface area contributed by atoms with Gasteiger partial charge in [0.05, 0.1) is 16.5 Å². The van der Waals surface area contributed by atoms with E-state index in [1.807, 2.05) is 0 Å². The molecule has 2 N–H and O–H groups in total. The third-order valence-electron chi connectivity index (χ3n) is 2.88. The van der Waals surface area contributed by atoms with E-state index in [1.165, 1.54) is 12.1 Å². The van der Waals surface area contributed by atoms with E-state index in [0.717, 1.165) is 11.3 Å². The molecule has 1 amide bonds. The Morgan fingerprint density at radius 3 is 2.68 bits per heavy atom. The molecule has 104 valence electrons. The van der Waals surface area contributed by atoms with Crippen molar-refractivity contribution >= 4 is 38.1 Å². The van der Waals surface area contributed by atoms with Gasteiger partial charge in [-0.25, -0.2) is 13.2 Å². The number of anilines is 1. The Morgan fingerprint density at radius 2 is 2.16 bits per heavy atom. The number of rotatable bonds is 4. The molecule has 2 heterocycles. The highest BCUT2D eigenvalue weighted by molar-refractivity contribution is 7.91. The van der Waals surface area contributed by atoms with Gasteiger partial charge in [0.1, 0.15) is 4.88 Å². The van der Waals surface area contributed by atoms with Gasteiger partial charge in [0.25, 0.3) is 0 Å². The van der Waals surface area contributed by atoms with E-state index in [0.29, 0.717) is 11.4 Å². The molecule has 1 saturated heterocycles. The van der Waals surface area contributed by atoms with Gasteiger partial charge in [-0.15, -0.1) is 11.3 Å². The quantitative estimate of drug-likeness (QED) is 0.870. The summed E-state index contributed by atoms with van der Waals surface area (Å²) >= 11 is 0.977. The van der Waals surface area contributed by atoms with Gasteiger partial charge in [-0.3, -0.25) is 4.79 Å². The van der Waals surface area contributed by atoms with Crippen LogP contribution in [0.3, 0.4) is 0 Å². The number of thiophene rings is 1. The average molecular weight is 303 g/mol. The number of carboxylic acids is 1. The van der Waals surface area contributed by atoms with Crippen LogP contribution < -0.4 is 5.32 Å². The lowest BCUT2D eigenvalue weighted by atomic mass is 10.1. The van der Waals surface area contributed by atoms with Gasteiger partial charge < -0.3 is 10.4 Å². The maximum atomic E-state index is 11.7. The Morgan fingerprint density at radius 1 is 1.42 bits per heavy atom.